The van der Waals surface area contributed by atoms with Crippen molar-refractivity contribution >= 4 is 11.6 Å². The van der Waals surface area contributed by atoms with E-state index in [1.807, 2.05) is 19.1 Å². The van der Waals surface area contributed by atoms with Gasteiger partial charge < -0.3 is 5.32 Å². The summed E-state index contributed by atoms with van der Waals surface area (Å²) >= 11 is 0. The first-order chi connectivity index (χ1) is 11.4. The molecule has 2 N–H and O–H groups in total. The number of hydrogen-bond donors (Lipinski definition) is 2. The SMILES string of the molecule is Cc1cccnc1C(NC(C)C(=O)Nc1cccc(F)c1)C(C)C. The Bertz CT molecular complexity index is 703. The molecule has 128 valence electrons. The van der Waals surface area contributed by atoms with Crippen molar-refractivity contribution < 1.29 is 9.18 Å². The number of anilines is 1. The number of rotatable bonds is 6. The average molecular weight is 329 g/mol. The standard InChI is InChI=1S/C19H24FN3O/c1-12(2)17(18-13(3)7-6-10-21-18)22-14(4)19(24)23-16-9-5-8-15(20)11-16/h5-12,14,17,22H,1-4H3,(H,23,24). The second-order valence-corrected chi connectivity index (χ2v) is 6.32. The van der Waals surface area contributed by atoms with Gasteiger partial charge in [0, 0.05) is 11.9 Å². The lowest BCUT2D eigenvalue weighted by Crippen LogP contribution is -2.42. The number of halogens is 1. The molecule has 2 rings (SSSR count). The fourth-order valence-electron chi connectivity index (χ4n) is 2.57. The fourth-order valence-corrected chi connectivity index (χ4v) is 2.57. The van der Waals surface area contributed by atoms with Crippen molar-refractivity contribution in [1.29, 1.82) is 0 Å². The summed E-state index contributed by atoms with van der Waals surface area (Å²) in [4.78, 5) is 16.8. The Hall–Kier alpha value is -2.27. The summed E-state index contributed by atoms with van der Waals surface area (Å²) in [7, 11) is 0. The van der Waals surface area contributed by atoms with Crippen LogP contribution in [0.2, 0.25) is 0 Å². The van der Waals surface area contributed by atoms with Gasteiger partial charge in [0.1, 0.15) is 5.82 Å². The molecule has 0 saturated carbocycles. The van der Waals surface area contributed by atoms with E-state index in [0.717, 1.165) is 11.3 Å². The van der Waals surface area contributed by atoms with Crippen molar-refractivity contribution in [2.45, 2.75) is 39.8 Å². The van der Waals surface area contributed by atoms with Crippen LogP contribution in [-0.4, -0.2) is 16.9 Å². The predicted octanol–water partition coefficient (Wildman–Crippen LogP) is 3.84. The molecule has 1 heterocycles. The number of nitrogens with zero attached hydrogens (tertiary/aromatic N) is 1. The molecule has 2 atom stereocenters. The summed E-state index contributed by atoms with van der Waals surface area (Å²) in [6.45, 7) is 7.98. The Morgan fingerprint density at radius 3 is 2.54 bits per heavy atom. The first-order valence-corrected chi connectivity index (χ1v) is 8.12. The van der Waals surface area contributed by atoms with Gasteiger partial charge in [0.25, 0.3) is 0 Å². The fraction of sp³-hybridized carbons (Fsp3) is 0.368. The van der Waals surface area contributed by atoms with Gasteiger partial charge >= 0.3 is 0 Å². The first kappa shape index (κ1) is 18.1. The maximum atomic E-state index is 13.2. The number of nitrogens with one attached hydrogen (secondary N) is 2. The maximum absolute atomic E-state index is 13.2. The van der Waals surface area contributed by atoms with Gasteiger partial charge in [-0.2, -0.15) is 0 Å². The highest BCUT2D eigenvalue weighted by Crippen LogP contribution is 2.23. The highest BCUT2D eigenvalue weighted by Gasteiger charge is 2.24. The molecule has 1 aromatic heterocycles. The summed E-state index contributed by atoms with van der Waals surface area (Å²) in [5.74, 6) is -0.319. The minimum atomic E-state index is -0.443. The minimum absolute atomic E-state index is 0.0422. The number of aryl methyl sites for hydroxylation is 1. The molecule has 2 unspecified atom stereocenters. The van der Waals surface area contributed by atoms with E-state index in [-0.39, 0.29) is 23.7 Å². The van der Waals surface area contributed by atoms with Crippen LogP contribution in [0.4, 0.5) is 10.1 Å². The van der Waals surface area contributed by atoms with Gasteiger partial charge in [-0.1, -0.05) is 26.0 Å². The molecule has 0 spiro atoms. The van der Waals surface area contributed by atoms with Crippen LogP contribution in [0, 0.1) is 18.7 Å². The topological polar surface area (TPSA) is 54.0 Å². The van der Waals surface area contributed by atoms with Gasteiger partial charge in [-0.05, 0) is 49.6 Å². The molecule has 1 amide bonds. The van der Waals surface area contributed by atoms with Crippen LogP contribution in [0.25, 0.3) is 0 Å². The van der Waals surface area contributed by atoms with Gasteiger partial charge in [-0.3, -0.25) is 15.1 Å². The van der Waals surface area contributed by atoms with E-state index in [2.05, 4.69) is 29.5 Å². The van der Waals surface area contributed by atoms with Crippen LogP contribution in [0.15, 0.2) is 42.6 Å². The number of benzene rings is 1. The third-order valence-electron chi connectivity index (χ3n) is 3.93. The lowest BCUT2D eigenvalue weighted by Gasteiger charge is -2.26. The first-order valence-electron chi connectivity index (χ1n) is 8.12. The van der Waals surface area contributed by atoms with Crippen molar-refractivity contribution in [3.63, 3.8) is 0 Å². The number of pyridine rings is 1. The molecule has 0 radical (unpaired) electrons. The summed E-state index contributed by atoms with van der Waals surface area (Å²) in [6, 6.07) is 9.30. The molecule has 0 bridgehead atoms. The molecular weight excluding hydrogens is 305 g/mol. The van der Waals surface area contributed by atoms with Crippen LogP contribution in [0.1, 0.15) is 38.1 Å². The molecule has 1 aromatic carbocycles. The molecule has 0 saturated heterocycles. The van der Waals surface area contributed by atoms with E-state index < -0.39 is 6.04 Å². The molecule has 4 nitrogen and oxygen atoms in total. The van der Waals surface area contributed by atoms with E-state index in [4.69, 9.17) is 0 Å². The van der Waals surface area contributed by atoms with E-state index in [1.54, 1.807) is 25.3 Å². The zero-order chi connectivity index (χ0) is 17.7. The molecule has 24 heavy (non-hydrogen) atoms. The molecule has 0 fully saturated rings. The van der Waals surface area contributed by atoms with Gasteiger partial charge in [-0.15, -0.1) is 0 Å². The van der Waals surface area contributed by atoms with Crippen LogP contribution < -0.4 is 10.6 Å². The Morgan fingerprint density at radius 1 is 1.17 bits per heavy atom. The van der Waals surface area contributed by atoms with Gasteiger partial charge in [0.2, 0.25) is 5.91 Å². The predicted molar refractivity (Wildman–Crippen MR) is 94.2 cm³/mol. The molecule has 0 aliphatic carbocycles. The number of hydrogen-bond acceptors (Lipinski definition) is 3. The Balaban J connectivity index is 2.09. The summed E-state index contributed by atoms with van der Waals surface area (Å²) < 4.78 is 13.2. The monoisotopic (exact) mass is 329 g/mol. The van der Waals surface area contributed by atoms with E-state index in [9.17, 15) is 9.18 Å². The van der Waals surface area contributed by atoms with Crippen LogP contribution >= 0.6 is 0 Å². The molecular formula is C19H24FN3O. The number of amides is 1. The normalized spacial score (nSPS) is 13.6. The van der Waals surface area contributed by atoms with Gasteiger partial charge in [0.05, 0.1) is 17.8 Å². The van der Waals surface area contributed by atoms with Crippen LogP contribution in [0.3, 0.4) is 0 Å². The highest BCUT2D eigenvalue weighted by atomic mass is 19.1. The van der Waals surface area contributed by atoms with Crippen LogP contribution in [0.5, 0.6) is 0 Å². The van der Waals surface area contributed by atoms with Crippen LogP contribution in [-0.2, 0) is 4.79 Å². The smallest absolute Gasteiger partial charge is 0.241 e. The Morgan fingerprint density at radius 2 is 1.92 bits per heavy atom. The van der Waals surface area contributed by atoms with E-state index >= 15 is 0 Å². The summed E-state index contributed by atoms with van der Waals surface area (Å²) in [5.41, 5.74) is 2.48. The van der Waals surface area contributed by atoms with Crippen molar-refractivity contribution in [2.24, 2.45) is 5.92 Å². The third kappa shape index (κ3) is 4.61. The van der Waals surface area contributed by atoms with Crippen molar-refractivity contribution in [3.05, 3.63) is 59.7 Å². The van der Waals surface area contributed by atoms with Crippen molar-refractivity contribution in [3.8, 4) is 0 Å². The highest BCUT2D eigenvalue weighted by molar-refractivity contribution is 5.94. The molecule has 0 aliphatic rings. The van der Waals surface area contributed by atoms with Crippen molar-refractivity contribution in [2.75, 3.05) is 5.32 Å². The third-order valence-corrected chi connectivity index (χ3v) is 3.93. The van der Waals surface area contributed by atoms with Gasteiger partial charge in [0.15, 0.2) is 0 Å². The molecule has 0 aliphatic heterocycles. The molecule has 2 aromatic rings. The Kier molecular flexibility index (Phi) is 6.04. The zero-order valence-electron chi connectivity index (χ0n) is 14.5. The quantitative estimate of drug-likeness (QED) is 0.846. The second-order valence-electron chi connectivity index (χ2n) is 6.32. The number of carbonyl (C=O) groups is 1. The Labute approximate surface area is 142 Å². The summed E-state index contributed by atoms with van der Waals surface area (Å²) in [6.07, 6.45) is 1.76. The van der Waals surface area contributed by atoms with E-state index in [1.165, 1.54) is 12.1 Å². The lowest BCUT2D eigenvalue weighted by atomic mass is 9.96. The zero-order valence-corrected chi connectivity index (χ0v) is 14.5. The number of aromatic nitrogens is 1. The average Bonchev–Trinajstić information content (AvgIpc) is 2.53. The summed E-state index contributed by atoms with van der Waals surface area (Å²) in [5, 5.41) is 6.07. The molecule has 5 heteroatoms. The van der Waals surface area contributed by atoms with Gasteiger partial charge in [-0.25, -0.2) is 4.39 Å². The lowest BCUT2D eigenvalue weighted by molar-refractivity contribution is -0.118. The van der Waals surface area contributed by atoms with E-state index in [0.29, 0.717) is 5.69 Å². The number of carbonyl (C=O) groups excluding carboxylic acids is 1. The maximum Gasteiger partial charge on any atom is 0.241 e. The van der Waals surface area contributed by atoms with Crippen molar-refractivity contribution in [1.82, 2.24) is 10.3 Å². The largest absolute Gasteiger partial charge is 0.325 e. The minimum Gasteiger partial charge on any atom is -0.325 e. The second kappa shape index (κ2) is 8.02.